The molecule has 1 N–H and O–H groups in total. The monoisotopic (exact) mass is 487 g/mol. The van der Waals surface area contributed by atoms with Gasteiger partial charge < -0.3 is 10.1 Å². The highest BCUT2D eigenvalue weighted by molar-refractivity contribution is 7.07. The number of benzene rings is 2. The van der Waals surface area contributed by atoms with Gasteiger partial charge in [0.05, 0.1) is 16.8 Å². The van der Waals surface area contributed by atoms with Crippen molar-refractivity contribution in [2.24, 2.45) is 0 Å². The maximum absolute atomic E-state index is 13.0. The molecule has 3 aromatic rings. The van der Waals surface area contributed by atoms with Crippen LogP contribution in [-0.4, -0.2) is 17.1 Å². The summed E-state index contributed by atoms with van der Waals surface area (Å²) in [5.41, 5.74) is 0.572. The van der Waals surface area contributed by atoms with E-state index in [0.29, 0.717) is 44.7 Å². The Hall–Kier alpha value is -3.05. The van der Waals surface area contributed by atoms with E-state index in [1.807, 2.05) is 13.0 Å². The largest absolute Gasteiger partial charge is 0.492 e. The lowest BCUT2D eigenvalue weighted by molar-refractivity contribution is -0.111. The predicted octanol–water partition coefficient (Wildman–Crippen LogP) is 3.78. The normalized spacial score (nSPS) is 12.3. The number of carbonyl (C=O) groups is 1. The van der Waals surface area contributed by atoms with Crippen molar-refractivity contribution in [3.05, 3.63) is 77.6 Å². The van der Waals surface area contributed by atoms with Crippen molar-refractivity contribution < 1.29 is 9.53 Å². The minimum atomic E-state index is -0.626. The number of nitriles is 1. The summed E-state index contributed by atoms with van der Waals surface area (Å²) in [6.07, 6.45) is 1.62. The Morgan fingerprint density at radius 3 is 2.66 bits per heavy atom. The van der Waals surface area contributed by atoms with Gasteiger partial charge in [-0.05, 0) is 49.8 Å². The lowest BCUT2D eigenvalue weighted by atomic mass is 10.2. The fourth-order valence-electron chi connectivity index (χ4n) is 2.98. The molecule has 0 unspecified atom stereocenters. The summed E-state index contributed by atoms with van der Waals surface area (Å²) in [5.74, 6) is -0.134. The van der Waals surface area contributed by atoms with Crippen LogP contribution in [0.3, 0.4) is 0 Å². The van der Waals surface area contributed by atoms with Gasteiger partial charge in [-0.3, -0.25) is 14.2 Å². The summed E-state index contributed by atoms with van der Waals surface area (Å²) in [4.78, 5) is 25.9. The zero-order chi connectivity index (χ0) is 23.3. The molecule has 1 aromatic heterocycles. The third kappa shape index (κ3) is 5.05. The highest BCUT2D eigenvalue weighted by atomic mass is 35.5. The number of amides is 1. The molecule has 0 spiro atoms. The Morgan fingerprint density at radius 2 is 2.00 bits per heavy atom. The van der Waals surface area contributed by atoms with Gasteiger partial charge in [-0.15, -0.1) is 11.3 Å². The first-order chi connectivity index (χ1) is 15.4. The Morgan fingerprint density at radius 1 is 1.25 bits per heavy atom. The number of nitrogens with zero attached hydrogens (tertiary/aromatic N) is 2. The number of nitrogens with one attached hydrogen (secondary N) is 1. The molecule has 32 heavy (non-hydrogen) atoms. The molecule has 0 aliphatic heterocycles. The van der Waals surface area contributed by atoms with Crippen molar-refractivity contribution in [1.29, 1.82) is 5.26 Å². The van der Waals surface area contributed by atoms with Gasteiger partial charge in [0, 0.05) is 16.6 Å². The van der Waals surface area contributed by atoms with Crippen molar-refractivity contribution in [2.75, 3.05) is 11.9 Å². The topological polar surface area (TPSA) is 84.1 Å². The third-order valence-electron chi connectivity index (χ3n) is 4.46. The average molecular weight is 488 g/mol. The van der Waals surface area contributed by atoms with Crippen molar-refractivity contribution in [3.63, 3.8) is 0 Å². The molecular formula is C23H19Cl2N3O3S. The molecule has 0 saturated heterocycles. The number of thiazole rings is 1. The van der Waals surface area contributed by atoms with Gasteiger partial charge in [0.15, 0.2) is 5.57 Å². The molecule has 6 nitrogen and oxygen atoms in total. The number of ether oxygens (including phenoxy) is 1. The maximum Gasteiger partial charge on any atom is 0.269 e. The van der Waals surface area contributed by atoms with E-state index in [4.69, 9.17) is 27.9 Å². The predicted molar refractivity (Wildman–Crippen MR) is 129 cm³/mol. The minimum Gasteiger partial charge on any atom is -0.492 e. The van der Waals surface area contributed by atoms with Crippen LogP contribution in [0.25, 0.3) is 11.6 Å². The fraction of sp³-hybridized carbons (Fsp3) is 0.174. The van der Waals surface area contributed by atoms with Gasteiger partial charge in [-0.2, -0.15) is 5.26 Å². The number of hydrogen-bond donors (Lipinski definition) is 1. The SMILES string of the molecule is CCOc1ccccc1NC(=O)/C(C#N)=c1\s/c(=C\c2ccc(Cl)cc2Cl)c(=O)n1CC. The molecule has 0 radical (unpaired) electrons. The van der Waals surface area contributed by atoms with Gasteiger partial charge in [0.2, 0.25) is 0 Å². The molecule has 0 saturated carbocycles. The third-order valence-corrected chi connectivity index (χ3v) is 6.15. The molecule has 0 atom stereocenters. The number of hydrogen-bond acceptors (Lipinski definition) is 5. The summed E-state index contributed by atoms with van der Waals surface area (Å²) < 4.78 is 7.54. The molecule has 0 bridgehead atoms. The van der Waals surface area contributed by atoms with Crippen molar-refractivity contribution in [3.8, 4) is 11.8 Å². The number of rotatable bonds is 6. The van der Waals surface area contributed by atoms with E-state index in [2.05, 4.69) is 5.32 Å². The van der Waals surface area contributed by atoms with Crippen LogP contribution >= 0.6 is 34.5 Å². The van der Waals surface area contributed by atoms with Gasteiger partial charge in [0.1, 0.15) is 16.5 Å². The number of anilines is 1. The molecule has 164 valence electrons. The van der Waals surface area contributed by atoms with Gasteiger partial charge in [-0.1, -0.05) is 41.4 Å². The first-order valence-electron chi connectivity index (χ1n) is 9.73. The molecule has 0 aliphatic carbocycles. The van der Waals surface area contributed by atoms with Crippen molar-refractivity contribution >= 4 is 57.8 Å². The molecule has 3 rings (SSSR count). The second kappa shape index (κ2) is 10.5. The number of carbonyl (C=O) groups excluding carboxylic acids is 1. The van der Waals surface area contributed by atoms with Crippen LogP contribution in [0.1, 0.15) is 19.4 Å². The Balaban J connectivity index is 2.14. The molecule has 0 aliphatic rings. The van der Waals surface area contributed by atoms with Crippen LogP contribution in [0.2, 0.25) is 10.0 Å². The van der Waals surface area contributed by atoms with E-state index in [1.54, 1.807) is 55.5 Å². The first-order valence-corrected chi connectivity index (χ1v) is 11.3. The van der Waals surface area contributed by atoms with Gasteiger partial charge >= 0.3 is 0 Å². The average Bonchev–Trinajstić information content (AvgIpc) is 3.07. The fourth-order valence-corrected chi connectivity index (χ4v) is 4.60. The van der Waals surface area contributed by atoms with E-state index < -0.39 is 5.91 Å². The molecule has 2 aromatic carbocycles. The minimum absolute atomic E-state index is 0.165. The van der Waals surface area contributed by atoms with Crippen molar-refractivity contribution in [2.45, 2.75) is 20.4 Å². The van der Waals surface area contributed by atoms with E-state index in [1.165, 1.54) is 4.57 Å². The van der Waals surface area contributed by atoms with E-state index in [0.717, 1.165) is 11.3 Å². The highest BCUT2D eigenvalue weighted by Gasteiger charge is 2.17. The molecule has 9 heteroatoms. The summed E-state index contributed by atoms with van der Waals surface area (Å²) in [7, 11) is 0. The second-order valence-electron chi connectivity index (χ2n) is 6.50. The van der Waals surface area contributed by atoms with Crippen molar-refractivity contribution in [1.82, 2.24) is 4.57 Å². The van der Waals surface area contributed by atoms with Gasteiger partial charge in [-0.25, -0.2) is 0 Å². The Kier molecular flexibility index (Phi) is 7.75. The Bertz CT molecular complexity index is 1390. The van der Waals surface area contributed by atoms with Crippen LogP contribution in [0.15, 0.2) is 47.3 Å². The lowest BCUT2D eigenvalue weighted by Crippen LogP contribution is -2.33. The highest BCUT2D eigenvalue weighted by Crippen LogP contribution is 2.24. The van der Waals surface area contributed by atoms with Crippen LogP contribution in [0.4, 0.5) is 5.69 Å². The maximum atomic E-state index is 13.0. The Labute approximate surface area is 198 Å². The van der Waals surface area contributed by atoms with Crippen LogP contribution < -0.4 is 24.8 Å². The second-order valence-corrected chi connectivity index (χ2v) is 8.38. The van der Waals surface area contributed by atoms with Crippen LogP contribution in [-0.2, 0) is 11.3 Å². The number of aromatic nitrogens is 1. The summed E-state index contributed by atoms with van der Waals surface area (Å²) in [6.45, 7) is 4.32. The van der Waals surface area contributed by atoms with Gasteiger partial charge in [0.25, 0.3) is 11.5 Å². The molecule has 0 fully saturated rings. The number of para-hydroxylation sites is 2. The molecule has 1 amide bonds. The van der Waals surface area contributed by atoms with Crippen LogP contribution in [0.5, 0.6) is 5.75 Å². The summed E-state index contributed by atoms with van der Waals surface area (Å²) >= 11 is 13.2. The zero-order valence-electron chi connectivity index (χ0n) is 17.3. The number of halogens is 2. The van der Waals surface area contributed by atoms with E-state index in [9.17, 15) is 14.9 Å². The standard InChI is InChI=1S/C23H19Cl2N3O3S/c1-3-28-22(30)20(11-14-9-10-15(24)12-17(14)25)32-23(28)16(13-26)21(29)27-18-7-5-6-8-19(18)31-4-2/h5-12H,3-4H2,1-2H3,(H,27,29)/b20-11-,23-16-. The van der Waals surface area contributed by atoms with E-state index in [-0.39, 0.29) is 15.8 Å². The van der Waals surface area contributed by atoms with Crippen LogP contribution in [0, 0.1) is 11.3 Å². The zero-order valence-corrected chi connectivity index (χ0v) is 19.6. The quantitative estimate of drug-likeness (QED) is 0.573. The van der Waals surface area contributed by atoms with E-state index >= 15 is 0 Å². The summed E-state index contributed by atoms with van der Waals surface area (Å²) in [6, 6.07) is 13.8. The first kappa shape index (κ1) is 23.6. The lowest BCUT2D eigenvalue weighted by Gasteiger charge is -2.10. The smallest absolute Gasteiger partial charge is 0.269 e. The molecule has 1 heterocycles. The molecular weight excluding hydrogens is 469 g/mol. The summed E-state index contributed by atoms with van der Waals surface area (Å²) in [5, 5.41) is 13.3.